The minimum absolute atomic E-state index is 0.151. The Morgan fingerprint density at radius 3 is 2.60 bits per heavy atom. The molecule has 0 amide bonds. The first-order valence-corrected chi connectivity index (χ1v) is 9.10. The lowest BCUT2D eigenvalue weighted by molar-refractivity contribution is 0.285. The van der Waals surface area contributed by atoms with E-state index in [4.69, 9.17) is 5.11 Å². The maximum absolute atomic E-state index is 12.4. The van der Waals surface area contributed by atoms with Gasteiger partial charge in [-0.3, -0.25) is 0 Å². The average molecular weight is 332 g/mol. The fraction of sp³-hybridized carbons (Fsp3) is 0.417. The van der Waals surface area contributed by atoms with Crippen LogP contribution in [0.2, 0.25) is 0 Å². The van der Waals surface area contributed by atoms with Crippen molar-refractivity contribution in [1.82, 2.24) is 9.71 Å². The van der Waals surface area contributed by atoms with E-state index in [1.807, 2.05) is 6.92 Å². The molecule has 2 heterocycles. The summed E-state index contributed by atoms with van der Waals surface area (Å²) in [6.07, 6.45) is 1.73. The molecule has 8 heteroatoms. The summed E-state index contributed by atoms with van der Waals surface area (Å²) in [5.74, 6) is 0. The van der Waals surface area contributed by atoms with Gasteiger partial charge in [-0.25, -0.2) is 18.1 Å². The van der Waals surface area contributed by atoms with Gasteiger partial charge in [-0.05, 0) is 26.8 Å². The summed E-state index contributed by atoms with van der Waals surface area (Å²) < 4.78 is 27.4. The minimum atomic E-state index is -3.60. The predicted molar refractivity (Wildman–Crippen MR) is 80.6 cm³/mol. The summed E-state index contributed by atoms with van der Waals surface area (Å²) >= 11 is 2.76. The van der Waals surface area contributed by atoms with E-state index in [9.17, 15) is 8.42 Å². The minimum Gasteiger partial charge on any atom is -0.391 e. The number of nitrogens with zero attached hydrogens (tertiary/aromatic N) is 1. The monoisotopic (exact) mass is 332 g/mol. The van der Waals surface area contributed by atoms with Gasteiger partial charge < -0.3 is 5.11 Å². The van der Waals surface area contributed by atoms with E-state index in [0.29, 0.717) is 9.75 Å². The number of aliphatic hydroxyl groups is 1. The van der Waals surface area contributed by atoms with Crippen molar-refractivity contribution in [2.75, 3.05) is 0 Å². The normalized spacial score (nSPS) is 13.6. The molecule has 0 aliphatic carbocycles. The molecule has 2 N–H and O–H groups in total. The van der Waals surface area contributed by atoms with Crippen molar-refractivity contribution in [2.24, 2.45) is 0 Å². The third-order valence-corrected chi connectivity index (χ3v) is 6.64. The number of nitrogens with one attached hydrogen (secondary N) is 1. The van der Waals surface area contributed by atoms with Crippen molar-refractivity contribution in [3.05, 3.63) is 31.9 Å². The van der Waals surface area contributed by atoms with Gasteiger partial charge in [0.1, 0.15) is 5.01 Å². The molecule has 2 rings (SSSR count). The predicted octanol–water partition coefficient (Wildman–Crippen LogP) is 2.35. The zero-order chi connectivity index (χ0) is 14.9. The molecule has 0 saturated heterocycles. The summed E-state index contributed by atoms with van der Waals surface area (Å²) in [6, 6.07) is 1.14. The standard InChI is InChI=1S/C12H16N2O3S3/c1-7-5-13-12(18-7)8(2)14-20(16,17)11-4-10(6-15)19-9(11)3/h4-5,8,14-15H,6H2,1-3H3. The maximum atomic E-state index is 12.4. The third-order valence-electron chi connectivity index (χ3n) is 2.71. The van der Waals surface area contributed by atoms with Crippen LogP contribution in [0.1, 0.15) is 32.6 Å². The summed E-state index contributed by atoms with van der Waals surface area (Å²) in [5.41, 5.74) is 0. The summed E-state index contributed by atoms with van der Waals surface area (Å²) in [6.45, 7) is 5.28. The molecule has 2 aromatic heterocycles. The van der Waals surface area contributed by atoms with E-state index in [0.717, 1.165) is 9.88 Å². The van der Waals surface area contributed by atoms with Gasteiger partial charge in [-0.1, -0.05) is 0 Å². The first-order valence-electron chi connectivity index (χ1n) is 5.98. The highest BCUT2D eigenvalue weighted by atomic mass is 32.2. The van der Waals surface area contributed by atoms with Gasteiger partial charge in [0.05, 0.1) is 17.5 Å². The highest BCUT2D eigenvalue weighted by molar-refractivity contribution is 7.89. The number of hydrogen-bond donors (Lipinski definition) is 2. The van der Waals surface area contributed by atoms with E-state index in [1.54, 1.807) is 20.0 Å². The van der Waals surface area contributed by atoms with Gasteiger partial charge in [0.15, 0.2) is 0 Å². The molecule has 0 bridgehead atoms. The second kappa shape index (κ2) is 5.90. The summed E-state index contributed by atoms with van der Waals surface area (Å²) in [7, 11) is -3.60. The van der Waals surface area contributed by atoms with Gasteiger partial charge in [-0.2, -0.15) is 0 Å². The van der Waals surface area contributed by atoms with E-state index in [-0.39, 0.29) is 17.5 Å². The molecule has 0 aliphatic rings. The first-order chi connectivity index (χ1) is 9.33. The Bertz CT molecular complexity index is 703. The molecule has 20 heavy (non-hydrogen) atoms. The lowest BCUT2D eigenvalue weighted by atomic mass is 10.4. The third kappa shape index (κ3) is 3.26. The molecule has 0 fully saturated rings. The molecule has 5 nitrogen and oxygen atoms in total. The number of aromatic nitrogens is 1. The van der Waals surface area contributed by atoms with Crippen LogP contribution in [-0.2, 0) is 16.6 Å². The number of aryl methyl sites for hydroxylation is 2. The average Bonchev–Trinajstić information content (AvgIpc) is 2.95. The van der Waals surface area contributed by atoms with E-state index >= 15 is 0 Å². The van der Waals surface area contributed by atoms with Gasteiger partial charge in [0.25, 0.3) is 0 Å². The fourth-order valence-corrected chi connectivity index (χ4v) is 5.34. The summed E-state index contributed by atoms with van der Waals surface area (Å²) in [5, 5.41) is 9.83. The van der Waals surface area contributed by atoms with Crippen molar-refractivity contribution >= 4 is 32.7 Å². The van der Waals surface area contributed by atoms with Crippen LogP contribution in [0.15, 0.2) is 17.2 Å². The Kier molecular flexibility index (Phi) is 4.60. The van der Waals surface area contributed by atoms with E-state index in [1.165, 1.54) is 28.7 Å². The van der Waals surface area contributed by atoms with Crippen molar-refractivity contribution in [3.63, 3.8) is 0 Å². The molecule has 0 aliphatic heterocycles. The number of aliphatic hydroxyl groups excluding tert-OH is 1. The lowest BCUT2D eigenvalue weighted by Gasteiger charge is -2.11. The van der Waals surface area contributed by atoms with Gasteiger partial charge >= 0.3 is 0 Å². The molecule has 1 unspecified atom stereocenters. The lowest BCUT2D eigenvalue weighted by Crippen LogP contribution is -2.26. The number of rotatable bonds is 5. The van der Waals surface area contributed by atoms with Crippen LogP contribution in [0.5, 0.6) is 0 Å². The molecule has 1 atom stereocenters. The van der Waals surface area contributed by atoms with Gasteiger partial charge in [0.2, 0.25) is 10.0 Å². The Morgan fingerprint density at radius 1 is 1.40 bits per heavy atom. The fourth-order valence-electron chi connectivity index (χ4n) is 1.79. The molecule has 0 aromatic carbocycles. The second-order valence-electron chi connectivity index (χ2n) is 4.44. The van der Waals surface area contributed by atoms with E-state index in [2.05, 4.69) is 9.71 Å². The Balaban J connectivity index is 2.24. The highest BCUT2D eigenvalue weighted by Gasteiger charge is 2.23. The number of thiazole rings is 1. The molecule has 2 aromatic rings. The number of sulfonamides is 1. The highest BCUT2D eigenvalue weighted by Crippen LogP contribution is 2.27. The molecule has 0 radical (unpaired) electrons. The Labute approximate surface area is 126 Å². The molecular formula is C12H16N2O3S3. The topological polar surface area (TPSA) is 79.3 Å². The quantitative estimate of drug-likeness (QED) is 0.881. The second-order valence-corrected chi connectivity index (χ2v) is 8.73. The van der Waals surface area contributed by atoms with E-state index < -0.39 is 10.0 Å². The Hall–Kier alpha value is -0.800. The van der Waals surface area contributed by atoms with Gasteiger partial charge in [-0.15, -0.1) is 22.7 Å². The summed E-state index contributed by atoms with van der Waals surface area (Å²) in [4.78, 5) is 6.77. The zero-order valence-corrected chi connectivity index (χ0v) is 13.8. The van der Waals surface area contributed by atoms with Crippen molar-refractivity contribution in [3.8, 4) is 0 Å². The van der Waals surface area contributed by atoms with Crippen molar-refractivity contribution in [2.45, 2.75) is 38.3 Å². The first kappa shape index (κ1) is 15.6. The SMILES string of the molecule is Cc1cnc(C(C)NS(=O)(=O)c2cc(CO)sc2C)s1. The number of thiophene rings is 1. The van der Waals surface area contributed by atoms with Crippen LogP contribution in [0.3, 0.4) is 0 Å². The van der Waals surface area contributed by atoms with Crippen molar-refractivity contribution < 1.29 is 13.5 Å². The maximum Gasteiger partial charge on any atom is 0.242 e. The van der Waals surface area contributed by atoms with Gasteiger partial charge in [0, 0.05) is 20.8 Å². The molecule has 0 saturated carbocycles. The molecule has 0 spiro atoms. The smallest absolute Gasteiger partial charge is 0.242 e. The van der Waals surface area contributed by atoms with Crippen LogP contribution in [0, 0.1) is 13.8 Å². The molecule has 110 valence electrons. The van der Waals surface area contributed by atoms with Crippen molar-refractivity contribution in [1.29, 1.82) is 0 Å². The van der Waals surface area contributed by atoms with Crippen LogP contribution in [0.25, 0.3) is 0 Å². The zero-order valence-electron chi connectivity index (χ0n) is 11.4. The van der Waals surface area contributed by atoms with Crippen LogP contribution in [-0.4, -0.2) is 18.5 Å². The molecular weight excluding hydrogens is 316 g/mol. The van der Waals surface area contributed by atoms with Crippen LogP contribution >= 0.6 is 22.7 Å². The largest absolute Gasteiger partial charge is 0.391 e. The van der Waals surface area contributed by atoms with Crippen LogP contribution in [0.4, 0.5) is 0 Å². The number of hydrogen-bond acceptors (Lipinski definition) is 6. The Morgan fingerprint density at radius 2 is 2.10 bits per heavy atom. The van der Waals surface area contributed by atoms with Crippen LogP contribution < -0.4 is 4.72 Å².